The van der Waals surface area contributed by atoms with Crippen LogP contribution in [0.5, 0.6) is 5.75 Å². The molecule has 0 bridgehead atoms. The van der Waals surface area contributed by atoms with Crippen molar-refractivity contribution in [2.45, 2.75) is 11.3 Å². The van der Waals surface area contributed by atoms with Crippen LogP contribution in [-0.4, -0.2) is 21.4 Å². The third-order valence-electron chi connectivity index (χ3n) is 4.42. The van der Waals surface area contributed by atoms with Gasteiger partial charge in [0.05, 0.1) is 11.5 Å². The van der Waals surface area contributed by atoms with Gasteiger partial charge in [-0.05, 0) is 48.5 Å². The molecule has 0 amide bonds. The van der Waals surface area contributed by atoms with E-state index in [-0.39, 0.29) is 16.8 Å². The van der Waals surface area contributed by atoms with E-state index in [0.717, 1.165) is 12.1 Å². The average Bonchev–Trinajstić information content (AvgIpc) is 3.17. The Morgan fingerprint density at radius 3 is 2.56 bits per heavy atom. The van der Waals surface area contributed by atoms with Crippen LogP contribution in [-0.2, 0) is 10.0 Å². The van der Waals surface area contributed by atoms with Gasteiger partial charge < -0.3 is 19.8 Å². The monoisotopic (exact) mass is 530 g/mol. The van der Waals surface area contributed by atoms with E-state index >= 15 is 0 Å². The number of alkyl halides is 3. The van der Waals surface area contributed by atoms with Gasteiger partial charge in [0.15, 0.2) is 5.75 Å². The largest absolute Gasteiger partial charge is 0.573 e. The molecule has 8 nitrogen and oxygen atoms in total. The molecule has 3 aromatic rings. The van der Waals surface area contributed by atoms with Crippen LogP contribution in [0.1, 0.15) is 0 Å². The second kappa shape index (κ2) is 8.06. The first-order valence-corrected chi connectivity index (χ1v) is 11.1. The Labute approximate surface area is 188 Å². The first-order valence-electron chi connectivity index (χ1n) is 8.87. The molecule has 168 valence electrons. The maximum atomic E-state index is 12.7. The molecule has 0 unspecified atom stereocenters. The molecule has 4 rings (SSSR count). The molecule has 1 aromatic heterocycles. The lowest BCUT2D eigenvalue weighted by Crippen LogP contribution is -2.42. The maximum Gasteiger partial charge on any atom is 0.573 e. The summed E-state index contributed by atoms with van der Waals surface area (Å²) in [6.45, 7) is 0.203. The third-order valence-corrected chi connectivity index (χ3v) is 6.33. The Kier molecular flexibility index (Phi) is 5.54. The number of furan rings is 1. The summed E-state index contributed by atoms with van der Waals surface area (Å²) in [5.41, 5.74) is 7.35. The molecule has 3 N–H and O–H groups in total. The number of hydrogen-bond donors (Lipinski definition) is 2. The number of hydrogen-bond acceptors (Lipinski definition) is 7. The topological polar surface area (TPSA) is 110 Å². The lowest BCUT2D eigenvalue weighted by atomic mass is 10.2. The highest BCUT2D eigenvalue weighted by atomic mass is 79.9. The van der Waals surface area contributed by atoms with Crippen LogP contribution in [0, 0.1) is 0 Å². The zero-order chi connectivity index (χ0) is 23.1. The fourth-order valence-electron chi connectivity index (χ4n) is 3.02. The van der Waals surface area contributed by atoms with E-state index < -0.39 is 27.0 Å². The molecule has 0 saturated heterocycles. The zero-order valence-corrected chi connectivity index (χ0v) is 18.3. The third kappa shape index (κ3) is 4.53. The summed E-state index contributed by atoms with van der Waals surface area (Å²) in [5, 5.41) is 0.633. The van der Waals surface area contributed by atoms with Crippen molar-refractivity contribution in [1.82, 2.24) is 0 Å². The SMILES string of the molecule is NC1=c2ccoc2=NCN1c1ccc(NS(=O)(=O)c2ccc(Br)cc2OC(F)(F)F)cc1. The first kappa shape index (κ1) is 22.0. The van der Waals surface area contributed by atoms with Crippen LogP contribution in [0.25, 0.3) is 5.82 Å². The van der Waals surface area contributed by atoms with E-state index in [0.29, 0.717) is 22.3 Å². The minimum absolute atomic E-state index is 0.131. The van der Waals surface area contributed by atoms with Gasteiger partial charge >= 0.3 is 6.36 Å². The van der Waals surface area contributed by atoms with Crippen molar-refractivity contribution in [3.05, 3.63) is 70.0 Å². The highest BCUT2D eigenvalue weighted by Crippen LogP contribution is 2.33. The van der Waals surface area contributed by atoms with Crippen molar-refractivity contribution >= 4 is 43.1 Å². The summed E-state index contributed by atoms with van der Waals surface area (Å²) >= 11 is 3.00. The van der Waals surface area contributed by atoms with Gasteiger partial charge in [-0.1, -0.05) is 15.9 Å². The molecule has 0 atom stereocenters. The number of benzene rings is 2. The molecular formula is C19H14BrF3N4O4S. The molecular weight excluding hydrogens is 517 g/mol. The summed E-state index contributed by atoms with van der Waals surface area (Å²) in [7, 11) is -4.38. The van der Waals surface area contributed by atoms with E-state index in [2.05, 4.69) is 30.4 Å². The first-order chi connectivity index (χ1) is 15.0. The Bertz CT molecular complexity index is 1390. The predicted octanol–water partition coefficient (Wildman–Crippen LogP) is 2.86. The van der Waals surface area contributed by atoms with Gasteiger partial charge in [0, 0.05) is 15.8 Å². The van der Waals surface area contributed by atoms with Crippen LogP contribution < -0.4 is 30.9 Å². The highest BCUT2D eigenvalue weighted by molar-refractivity contribution is 9.10. The fraction of sp³-hybridized carbons (Fsp3) is 0.105. The van der Waals surface area contributed by atoms with Crippen LogP contribution in [0.2, 0.25) is 0 Å². The molecule has 2 aromatic carbocycles. The summed E-state index contributed by atoms with van der Waals surface area (Å²) in [6, 6.07) is 11.0. The lowest BCUT2D eigenvalue weighted by molar-refractivity contribution is -0.275. The molecule has 2 heterocycles. The van der Waals surface area contributed by atoms with Crippen molar-refractivity contribution < 1.29 is 30.7 Å². The van der Waals surface area contributed by atoms with Crippen LogP contribution >= 0.6 is 15.9 Å². The summed E-state index contributed by atoms with van der Waals surface area (Å²) in [4.78, 5) is 5.30. The van der Waals surface area contributed by atoms with Gasteiger partial charge in [-0.2, -0.15) is 0 Å². The van der Waals surface area contributed by atoms with Gasteiger partial charge in [-0.15, -0.1) is 13.2 Å². The maximum absolute atomic E-state index is 12.7. The summed E-state index contributed by atoms with van der Waals surface area (Å²) < 4.78 is 75.2. The Morgan fingerprint density at radius 1 is 1.16 bits per heavy atom. The number of nitrogens with two attached hydrogens (primary N) is 1. The van der Waals surface area contributed by atoms with Crippen molar-refractivity contribution in [2.75, 3.05) is 16.3 Å². The van der Waals surface area contributed by atoms with E-state index in [1.807, 2.05) is 0 Å². The molecule has 13 heteroatoms. The van der Waals surface area contributed by atoms with Gasteiger partial charge in [0.1, 0.15) is 17.4 Å². The number of nitrogens with zero attached hydrogens (tertiary/aromatic N) is 2. The number of ether oxygens (including phenoxy) is 1. The molecule has 1 aliphatic rings. The predicted molar refractivity (Wildman–Crippen MR) is 113 cm³/mol. The number of sulfonamides is 1. The normalized spacial score (nSPS) is 14.0. The minimum atomic E-state index is -5.06. The fourth-order valence-corrected chi connectivity index (χ4v) is 4.53. The number of fused-ring (bicyclic) bond motifs is 1. The van der Waals surface area contributed by atoms with E-state index in [4.69, 9.17) is 10.2 Å². The van der Waals surface area contributed by atoms with Gasteiger partial charge in [-0.3, -0.25) is 4.72 Å². The quantitative estimate of drug-likeness (QED) is 0.524. The van der Waals surface area contributed by atoms with Crippen molar-refractivity contribution in [3.8, 4) is 5.75 Å². The standard InChI is InChI=1S/C19H14BrF3N4O4S/c20-11-1-6-16(15(9-11)31-19(21,22)23)32(28,29)26-12-2-4-13(5-3-12)27-10-25-18-14(17(27)24)7-8-30-18/h1-9,26H,10,24H2. The van der Waals surface area contributed by atoms with Crippen molar-refractivity contribution in [1.29, 1.82) is 0 Å². The van der Waals surface area contributed by atoms with E-state index in [9.17, 15) is 21.6 Å². The molecule has 0 saturated carbocycles. The molecule has 0 radical (unpaired) electrons. The molecule has 0 fully saturated rings. The number of nitrogens with one attached hydrogen (secondary N) is 1. The Balaban J connectivity index is 1.59. The van der Waals surface area contributed by atoms with Gasteiger partial charge in [0.25, 0.3) is 10.0 Å². The summed E-state index contributed by atoms with van der Waals surface area (Å²) in [6.07, 6.45) is -3.58. The number of rotatable bonds is 5. The average molecular weight is 531 g/mol. The smallest absolute Gasteiger partial charge is 0.446 e. The second-order valence-electron chi connectivity index (χ2n) is 6.54. The zero-order valence-electron chi connectivity index (χ0n) is 15.9. The Morgan fingerprint density at radius 2 is 1.88 bits per heavy atom. The second-order valence-corrected chi connectivity index (χ2v) is 9.11. The summed E-state index contributed by atoms with van der Waals surface area (Å²) in [5.74, 6) is -0.440. The van der Waals surface area contributed by atoms with Crippen LogP contribution in [0.15, 0.2) is 73.6 Å². The lowest BCUT2D eigenvalue weighted by Gasteiger charge is -2.24. The van der Waals surface area contributed by atoms with Crippen molar-refractivity contribution in [2.24, 2.45) is 10.7 Å². The molecule has 1 aliphatic heterocycles. The van der Waals surface area contributed by atoms with Crippen LogP contribution in [0.4, 0.5) is 24.5 Å². The number of halogens is 4. The molecule has 0 spiro atoms. The Hall–Kier alpha value is -3.19. The van der Waals surface area contributed by atoms with Gasteiger partial charge in [-0.25, -0.2) is 13.4 Å². The number of anilines is 2. The minimum Gasteiger partial charge on any atom is -0.446 e. The highest BCUT2D eigenvalue weighted by Gasteiger charge is 2.34. The molecule has 0 aliphatic carbocycles. The van der Waals surface area contributed by atoms with Crippen LogP contribution in [0.3, 0.4) is 0 Å². The van der Waals surface area contributed by atoms with E-state index in [1.165, 1.54) is 24.5 Å². The van der Waals surface area contributed by atoms with Crippen molar-refractivity contribution in [3.63, 3.8) is 0 Å². The van der Waals surface area contributed by atoms with E-state index in [1.54, 1.807) is 23.1 Å². The molecule has 32 heavy (non-hydrogen) atoms. The van der Waals surface area contributed by atoms with Gasteiger partial charge in [0.2, 0.25) is 5.55 Å².